The van der Waals surface area contributed by atoms with Crippen LogP contribution in [0.5, 0.6) is 0 Å². The van der Waals surface area contributed by atoms with Gasteiger partial charge in [0.05, 0.1) is 30.7 Å². The molecule has 3 atom stereocenters. The molecule has 0 radical (unpaired) electrons. The van der Waals surface area contributed by atoms with Crippen molar-refractivity contribution in [1.82, 2.24) is 19.6 Å². The maximum Gasteiger partial charge on any atom is 0.343 e. The normalized spacial score (nSPS) is 24.9. The first-order chi connectivity index (χ1) is 16.0. The van der Waals surface area contributed by atoms with Gasteiger partial charge in [-0.3, -0.25) is 4.98 Å². The van der Waals surface area contributed by atoms with Crippen molar-refractivity contribution >= 4 is 23.5 Å². The molecule has 1 aliphatic heterocycles. The molecule has 3 aliphatic rings. The summed E-state index contributed by atoms with van der Waals surface area (Å²) in [5.74, 6) is 0.994. The van der Waals surface area contributed by atoms with Gasteiger partial charge in [-0.1, -0.05) is 13.0 Å². The first-order valence-corrected chi connectivity index (χ1v) is 11.6. The summed E-state index contributed by atoms with van der Waals surface area (Å²) in [6.07, 6.45) is 12.3. The summed E-state index contributed by atoms with van der Waals surface area (Å²) in [7, 11) is 0. The highest BCUT2D eigenvalue weighted by Crippen LogP contribution is 2.58. The van der Waals surface area contributed by atoms with Crippen molar-refractivity contribution in [3.05, 3.63) is 59.4 Å². The Labute approximate surface area is 191 Å². The van der Waals surface area contributed by atoms with Crippen molar-refractivity contribution in [3.63, 3.8) is 0 Å². The van der Waals surface area contributed by atoms with Crippen LogP contribution in [0, 0.1) is 23.1 Å². The van der Waals surface area contributed by atoms with Gasteiger partial charge in [0.2, 0.25) is 0 Å². The number of carbonyl (C=O) groups is 1. The summed E-state index contributed by atoms with van der Waals surface area (Å²) >= 11 is 0. The minimum absolute atomic E-state index is 0.00576. The van der Waals surface area contributed by atoms with E-state index in [1.54, 1.807) is 23.7 Å². The molecule has 1 saturated heterocycles. The molecule has 0 N–H and O–H groups in total. The number of hydrogen-bond donors (Lipinski definition) is 0. The number of esters is 1. The number of nitrogens with zero attached hydrogens (tertiary/aromatic N) is 5. The molecule has 3 fully saturated rings. The molecular weight excluding hydrogens is 421 g/mol. The van der Waals surface area contributed by atoms with Crippen LogP contribution < -0.4 is 4.90 Å². The summed E-state index contributed by atoms with van der Waals surface area (Å²) in [6.45, 7) is 5.14. The van der Waals surface area contributed by atoms with E-state index in [0.717, 1.165) is 30.0 Å². The molecule has 3 aromatic rings. The molecule has 33 heavy (non-hydrogen) atoms. The molecule has 2 aliphatic carbocycles. The highest BCUT2D eigenvalue weighted by molar-refractivity contribution is 5.95. The molecule has 170 valence electrons. The minimum atomic E-state index is -0.437. The quantitative estimate of drug-likeness (QED) is 0.520. The fraction of sp³-hybridized carbons (Fsp3) is 0.440. The zero-order valence-corrected chi connectivity index (χ0v) is 18.7. The molecule has 7 nitrogen and oxygen atoms in total. The number of piperidine rings is 1. The lowest BCUT2D eigenvalue weighted by Crippen LogP contribution is -2.28. The molecule has 8 heteroatoms. The molecule has 2 saturated carbocycles. The highest BCUT2D eigenvalue weighted by Gasteiger charge is 2.54. The largest absolute Gasteiger partial charge is 0.462 e. The lowest BCUT2D eigenvalue weighted by Gasteiger charge is -2.30. The van der Waals surface area contributed by atoms with E-state index >= 15 is 0 Å². The van der Waals surface area contributed by atoms with Crippen LogP contribution in [0.1, 0.15) is 60.8 Å². The number of allylic oxidation sites excluding steroid dienone is 1. The number of rotatable bonds is 6. The number of pyridine rings is 1. The van der Waals surface area contributed by atoms with E-state index in [2.05, 4.69) is 34.1 Å². The second-order valence-corrected chi connectivity index (χ2v) is 9.70. The van der Waals surface area contributed by atoms with Crippen molar-refractivity contribution in [2.75, 3.05) is 18.1 Å². The average Bonchev–Trinajstić information content (AvgIpc) is 3.65. The summed E-state index contributed by atoms with van der Waals surface area (Å²) in [6, 6.07) is 3.52. The first-order valence-electron chi connectivity index (χ1n) is 11.6. The second kappa shape index (κ2) is 7.37. The van der Waals surface area contributed by atoms with Crippen LogP contribution in [0.25, 0.3) is 11.7 Å². The number of halogens is 1. The molecule has 0 aromatic carbocycles. The molecule has 6 rings (SSSR count). The zero-order valence-electron chi connectivity index (χ0n) is 18.7. The van der Waals surface area contributed by atoms with Crippen LogP contribution in [-0.4, -0.2) is 38.7 Å². The Morgan fingerprint density at radius 2 is 2.21 bits per heavy atom. The summed E-state index contributed by atoms with van der Waals surface area (Å²) in [5.41, 5.74) is 2.77. The van der Waals surface area contributed by atoms with Crippen molar-refractivity contribution in [2.45, 2.75) is 39.2 Å². The third-order valence-electron chi connectivity index (χ3n) is 7.21. The Morgan fingerprint density at radius 3 is 3.00 bits per heavy atom. The molecule has 3 aromatic heterocycles. The Kier molecular flexibility index (Phi) is 4.54. The van der Waals surface area contributed by atoms with E-state index in [9.17, 15) is 9.18 Å². The Bertz CT molecular complexity index is 1280. The van der Waals surface area contributed by atoms with E-state index < -0.39 is 5.97 Å². The molecule has 0 spiro atoms. The third-order valence-corrected chi connectivity index (χ3v) is 7.21. The minimum Gasteiger partial charge on any atom is -0.462 e. The standard InChI is InChI=1S/C25H26FN5O2/c1-3-33-24(32)19-13-28-31-9-5-21(29-23(19)31)30-14-15-10-17(15)22(30)18-11-16(26)12-27-20(18)4-6-25(2)7-8-25/h4-6,9,11-13,15,17,22H,3,7-8,10,14H2,1-2H3/b6-4+/t15-,17-,22-/m1/s1. The first kappa shape index (κ1) is 20.3. The Hall–Kier alpha value is -3.29. The monoisotopic (exact) mass is 447 g/mol. The molecule has 0 unspecified atom stereocenters. The van der Waals surface area contributed by atoms with Crippen LogP contribution >= 0.6 is 0 Å². The van der Waals surface area contributed by atoms with E-state index in [4.69, 9.17) is 9.72 Å². The van der Waals surface area contributed by atoms with E-state index in [1.807, 2.05) is 6.07 Å². The van der Waals surface area contributed by atoms with Gasteiger partial charge in [0, 0.05) is 18.3 Å². The van der Waals surface area contributed by atoms with Gasteiger partial charge in [-0.05, 0) is 61.6 Å². The van der Waals surface area contributed by atoms with Gasteiger partial charge in [0.25, 0.3) is 0 Å². The van der Waals surface area contributed by atoms with Gasteiger partial charge in [-0.15, -0.1) is 0 Å². The van der Waals surface area contributed by atoms with Crippen LogP contribution in [0.15, 0.2) is 36.8 Å². The second-order valence-electron chi connectivity index (χ2n) is 9.70. The van der Waals surface area contributed by atoms with Crippen molar-refractivity contribution in [2.24, 2.45) is 17.3 Å². The number of hydrogen-bond acceptors (Lipinski definition) is 6. The topological polar surface area (TPSA) is 72.6 Å². The Balaban J connectivity index is 1.39. The van der Waals surface area contributed by atoms with Crippen molar-refractivity contribution in [3.8, 4) is 0 Å². The SMILES string of the molecule is CCOC(=O)c1cnn2ccc(N3C[C@H]4C[C@H]4[C@@H]3c3cc(F)cnc3/C=C/C3(C)CC3)nc12. The lowest BCUT2D eigenvalue weighted by atomic mass is 9.98. The van der Waals surface area contributed by atoms with Crippen molar-refractivity contribution < 1.29 is 13.9 Å². The van der Waals surface area contributed by atoms with E-state index in [1.165, 1.54) is 25.2 Å². The smallest absolute Gasteiger partial charge is 0.343 e. The fourth-order valence-corrected chi connectivity index (χ4v) is 4.96. The van der Waals surface area contributed by atoms with E-state index in [0.29, 0.717) is 23.0 Å². The maximum absolute atomic E-state index is 14.4. The molecular formula is C25H26FN5O2. The van der Waals surface area contributed by atoms with Crippen LogP contribution in [0.3, 0.4) is 0 Å². The number of ether oxygens (including phenoxy) is 1. The predicted octanol–water partition coefficient (Wildman–Crippen LogP) is 4.45. The number of fused-ring (bicyclic) bond motifs is 2. The number of aromatic nitrogens is 4. The highest BCUT2D eigenvalue weighted by atomic mass is 19.1. The summed E-state index contributed by atoms with van der Waals surface area (Å²) < 4.78 is 21.1. The number of carbonyl (C=O) groups excluding carboxylic acids is 1. The van der Waals surface area contributed by atoms with Gasteiger partial charge in [-0.2, -0.15) is 5.10 Å². The summed E-state index contributed by atoms with van der Waals surface area (Å²) in [5, 5.41) is 4.24. The molecule has 0 amide bonds. The predicted molar refractivity (Wildman–Crippen MR) is 121 cm³/mol. The number of anilines is 1. The Morgan fingerprint density at radius 1 is 1.36 bits per heavy atom. The van der Waals surface area contributed by atoms with Gasteiger partial charge >= 0.3 is 5.97 Å². The van der Waals surface area contributed by atoms with Crippen LogP contribution in [-0.2, 0) is 4.74 Å². The van der Waals surface area contributed by atoms with Gasteiger partial charge in [0.1, 0.15) is 17.2 Å². The lowest BCUT2D eigenvalue weighted by molar-refractivity contribution is 0.0528. The van der Waals surface area contributed by atoms with Gasteiger partial charge in [-0.25, -0.2) is 18.7 Å². The zero-order chi connectivity index (χ0) is 22.7. The average molecular weight is 448 g/mol. The van der Waals surface area contributed by atoms with Crippen LogP contribution in [0.2, 0.25) is 0 Å². The van der Waals surface area contributed by atoms with Crippen LogP contribution in [0.4, 0.5) is 10.2 Å². The molecule has 0 bridgehead atoms. The fourth-order valence-electron chi connectivity index (χ4n) is 4.96. The van der Waals surface area contributed by atoms with Gasteiger partial charge < -0.3 is 9.64 Å². The summed E-state index contributed by atoms with van der Waals surface area (Å²) in [4.78, 5) is 23.8. The third kappa shape index (κ3) is 3.57. The maximum atomic E-state index is 14.4. The van der Waals surface area contributed by atoms with E-state index in [-0.39, 0.29) is 23.9 Å². The van der Waals surface area contributed by atoms with Crippen molar-refractivity contribution in [1.29, 1.82) is 0 Å². The molecule has 4 heterocycles. The van der Waals surface area contributed by atoms with Gasteiger partial charge in [0.15, 0.2) is 5.65 Å².